The first-order chi connectivity index (χ1) is 7.65. The molecule has 90 valence electrons. The van der Waals surface area contributed by atoms with Gasteiger partial charge in [-0.25, -0.2) is 4.79 Å². The van der Waals surface area contributed by atoms with Gasteiger partial charge in [-0.3, -0.25) is 9.69 Å². The van der Waals surface area contributed by atoms with Gasteiger partial charge >= 0.3 is 6.03 Å². The highest BCUT2D eigenvalue weighted by atomic mass is 16.5. The molecule has 5 heteroatoms. The van der Waals surface area contributed by atoms with Crippen molar-refractivity contribution in [2.45, 2.75) is 38.8 Å². The molecule has 5 nitrogen and oxygen atoms in total. The number of hydrogen-bond acceptors (Lipinski definition) is 3. The van der Waals surface area contributed by atoms with Crippen LogP contribution in [-0.4, -0.2) is 53.6 Å². The van der Waals surface area contributed by atoms with Gasteiger partial charge in [-0.15, -0.1) is 0 Å². The van der Waals surface area contributed by atoms with E-state index < -0.39 is 0 Å². The third kappa shape index (κ3) is 1.80. The van der Waals surface area contributed by atoms with Crippen LogP contribution in [0, 0.1) is 0 Å². The van der Waals surface area contributed by atoms with Crippen LogP contribution in [0.15, 0.2) is 0 Å². The molecular formula is C11H18N2O3. The van der Waals surface area contributed by atoms with Gasteiger partial charge in [0.1, 0.15) is 6.54 Å². The van der Waals surface area contributed by atoms with Crippen LogP contribution in [0.25, 0.3) is 0 Å². The predicted molar refractivity (Wildman–Crippen MR) is 57.9 cm³/mol. The monoisotopic (exact) mass is 226 g/mol. The number of nitrogens with zero attached hydrogens (tertiary/aromatic N) is 2. The number of urea groups is 1. The highest BCUT2D eigenvalue weighted by Gasteiger charge is 2.42. The van der Waals surface area contributed by atoms with Crippen LogP contribution in [0.5, 0.6) is 0 Å². The van der Waals surface area contributed by atoms with Gasteiger partial charge in [0, 0.05) is 12.6 Å². The number of hydrogen-bond donors (Lipinski definition) is 0. The maximum atomic E-state index is 12.1. The minimum Gasteiger partial charge on any atom is -0.379 e. The standard InChI is InChI=1S/C11H18N2O3/c1-3-8(2)12-6-10(14)13(11(12)15)9-4-5-16-7-9/h8-9H,3-7H2,1-2H3. The smallest absolute Gasteiger partial charge is 0.327 e. The Kier molecular flexibility index (Phi) is 3.14. The summed E-state index contributed by atoms with van der Waals surface area (Å²) >= 11 is 0. The predicted octanol–water partition coefficient (Wildman–Crippen LogP) is 0.838. The first-order valence-electron chi connectivity index (χ1n) is 5.85. The summed E-state index contributed by atoms with van der Waals surface area (Å²) in [4.78, 5) is 26.9. The number of amides is 3. The summed E-state index contributed by atoms with van der Waals surface area (Å²) in [7, 11) is 0. The average Bonchev–Trinajstić information content (AvgIpc) is 2.86. The lowest BCUT2D eigenvalue weighted by Crippen LogP contribution is -2.43. The molecule has 0 saturated carbocycles. The lowest BCUT2D eigenvalue weighted by Gasteiger charge is -2.24. The Balaban J connectivity index is 2.09. The fourth-order valence-corrected chi connectivity index (χ4v) is 2.18. The molecule has 0 radical (unpaired) electrons. The van der Waals surface area contributed by atoms with Crippen LogP contribution in [0.3, 0.4) is 0 Å². The number of imide groups is 1. The lowest BCUT2D eigenvalue weighted by molar-refractivity contribution is -0.126. The van der Waals surface area contributed by atoms with Crippen molar-refractivity contribution in [1.82, 2.24) is 9.80 Å². The molecule has 0 bridgehead atoms. The number of ether oxygens (including phenoxy) is 1. The minimum absolute atomic E-state index is 0.0472. The van der Waals surface area contributed by atoms with Gasteiger partial charge in [-0.2, -0.15) is 0 Å². The molecular weight excluding hydrogens is 208 g/mol. The van der Waals surface area contributed by atoms with Gasteiger partial charge in [-0.05, 0) is 19.8 Å². The topological polar surface area (TPSA) is 49.9 Å². The molecule has 2 unspecified atom stereocenters. The Labute approximate surface area is 95.3 Å². The molecule has 2 atom stereocenters. The van der Waals surface area contributed by atoms with E-state index in [1.54, 1.807) is 4.90 Å². The Bertz CT molecular complexity index is 300. The second-order valence-electron chi connectivity index (χ2n) is 4.45. The van der Waals surface area contributed by atoms with Crippen molar-refractivity contribution < 1.29 is 14.3 Å². The molecule has 0 N–H and O–H groups in total. The summed E-state index contributed by atoms with van der Waals surface area (Å²) in [5.41, 5.74) is 0. The second kappa shape index (κ2) is 4.41. The van der Waals surface area contributed by atoms with E-state index in [9.17, 15) is 9.59 Å². The molecule has 2 heterocycles. The zero-order chi connectivity index (χ0) is 11.7. The van der Waals surface area contributed by atoms with Gasteiger partial charge in [-0.1, -0.05) is 6.92 Å². The lowest BCUT2D eigenvalue weighted by atomic mass is 10.2. The Morgan fingerprint density at radius 1 is 1.50 bits per heavy atom. The van der Waals surface area contributed by atoms with Crippen LogP contribution in [0.2, 0.25) is 0 Å². The SMILES string of the molecule is CCC(C)N1CC(=O)N(C2CCOC2)C1=O. The normalized spacial score (nSPS) is 28.0. The van der Waals surface area contributed by atoms with E-state index in [4.69, 9.17) is 4.74 Å². The number of carbonyl (C=O) groups excluding carboxylic acids is 2. The van der Waals surface area contributed by atoms with Crippen molar-refractivity contribution in [3.05, 3.63) is 0 Å². The zero-order valence-corrected chi connectivity index (χ0v) is 9.81. The third-order valence-corrected chi connectivity index (χ3v) is 3.42. The quantitative estimate of drug-likeness (QED) is 0.670. The van der Waals surface area contributed by atoms with Crippen LogP contribution in [0.1, 0.15) is 26.7 Å². The van der Waals surface area contributed by atoms with Crippen molar-refractivity contribution in [3.63, 3.8) is 0 Å². The summed E-state index contributed by atoms with van der Waals surface area (Å²) in [6, 6.07) is -0.0623. The molecule has 0 aromatic rings. The van der Waals surface area contributed by atoms with E-state index in [-0.39, 0.29) is 30.6 Å². The Morgan fingerprint density at radius 3 is 2.81 bits per heavy atom. The number of carbonyl (C=O) groups is 2. The van der Waals surface area contributed by atoms with E-state index in [1.807, 2.05) is 13.8 Å². The fraction of sp³-hybridized carbons (Fsp3) is 0.818. The molecule has 2 aliphatic heterocycles. The van der Waals surface area contributed by atoms with Crippen molar-refractivity contribution in [1.29, 1.82) is 0 Å². The summed E-state index contributed by atoms with van der Waals surface area (Å²) in [5, 5.41) is 0. The summed E-state index contributed by atoms with van der Waals surface area (Å²) < 4.78 is 5.22. The molecule has 16 heavy (non-hydrogen) atoms. The molecule has 0 aromatic carbocycles. The Morgan fingerprint density at radius 2 is 2.25 bits per heavy atom. The van der Waals surface area contributed by atoms with Crippen molar-refractivity contribution in [2.24, 2.45) is 0 Å². The van der Waals surface area contributed by atoms with Crippen LogP contribution in [0.4, 0.5) is 4.79 Å². The molecule has 2 fully saturated rings. The van der Waals surface area contributed by atoms with Crippen LogP contribution in [-0.2, 0) is 9.53 Å². The molecule has 0 spiro atoms. The maximum Gasteiger partial charge on any atom is 0.327 e. The molecule has 0 aromatic heterocycles. The Hall–Kier alpha value is -1.10. The maximum absolute atomic E-state index is 12.1. The first kappa shape index (κ1) is 11.4. The van der Waals surface area contributed by atoms with Crippen molar-refractivity contribution >= 4 is 11.9 Å². The first-order valence-corrected chi connectivity index (χ1v) is 5.85. The molecule has 2 rings (SSSR count). The van der Waals surface area contributed by atoms with Gasteiger partial charge in [0.05, 0.1) is 12.6 Å². The van der Waals surface area contributed by atoms with E-state index in [0.29, 0.717) is 13.2 Å². The summed E-state index contributed by atoms with van der Waals surface area (Å²) in [5.74, 6) is -0.0826. The molecule has 3 amide bonds. The highest BCUT2D eigenvalue weighted by Crippen LogP contribution is 2.22. The largest absolute Gasteiger partial charge is 0.379 e. The van der Waals surface area contributed by atoms with Gasteiger partial charge < -0.3 is 9.64 Å². The van der Waals surface area contributed by atoms with Gasteiger partial charge in [0.15, 0.2) is 0 Å². The average molecular weight is 226 g/mol. The number of rotatable bonds is 3. The van der Waals surface area contributed by atoms with E-state index in [1.165, 1.54) is 4.90 Å². The fourth-order valence-electron chi connectivity index (χ4n) is 2.18. The second-order valence-corrected chi connectivity index (χ2v) is 4.45. The van der Waals surface area contributed by atoms with Crippen LogP contribution >= 0.6 is 0 Å². The minimum atomic E-state index is -0.144. The highest BCUT2D eigenvalue weighted by molar-refractivity contribution is 6.02. The van der Waals surface area contributed by atoms with Crippen LogP contribution < -0.4 is 0 Å². The molecule has 2 aliphatic rings. The third-order valence-electron chi connectivity index (χ3n) is 3.42. The van der Waals surface area contributed by atoms with Gasteiger partial charge in [0.2, 0.25) is 0 Å². The van der Waals surface area contributed by atoms with E-state index in [2.05, 4.69) is 0 Å². The molecule has 2 saturated heterocycles. The summed E-state index contributed by atoms with van der Waals surface area (Å²) in [6.45, 7) is 5.35. The molecule has 0 aliphatic carbocycles. The summed E-state index contributed by atoms with van der Waals surface area (Å²) in [6.07, 6.45) is 1.64. The van der Waals surface area contributed by atoms with Gasteiger partial charge in [0.25, 0.3) is 5.91 Å². The van der Waals surface area contributed by atoms with Crippen molar-refractivity contribution in [2.75, 3.05) is 19.8 Å². The van der Waals surface area contributed by atoms with Crippen molar-refractivity contribution in [3.8, 4) is 0 Å². The zero-order valence-electron chi connectivity index (χ0n) is 9.81. The van der Waals surface area contributed by atoms with E-state index in [0.717, 1.165) is 12.8 Å². The van der Waals surface area contributed by atoms with E-state index >= 15 is 0 Å².